The Morgan fingerprint density at radius 3 is 2.82 bits per heavy atom. The summed E-state index contributed by atoms with van der Waals surface area (Å²) >= 11 is 0. The fourth-order valence-corrected chi connectivity index (χ4v) is 1.29. The molecule has 0 N–H and O–H groups in total. The summed E-state index contributed by atoms with van der Waals surface area (Å²) in [6, 6.07) is 4.19. The van der Waals surface area contributed by atoms with E-state index >= 15 is 0 Å². The van der Waals surface area contributed by atoms with Crippen LogP contribution in [0.4, 0.5) is 0 Å². The molecule has 0 saturated carbocycles. The Kier molecular flexibility index (Phi) is 3.09. The van der Waals surface area contributed by atoms with Crippen LogP contribution in [0, 0.1) is 0 Å². The van der Waals surface area contributed by atoms with Crippen molar-refractivity contribution >= 4 is 0 Å². The Hall–Kier alpha value is -0.850. The molecule has 1 nitrogen and oxygen atoms in total. The summed E-state index contributed by atoms with van der Waals surface area (Å²) in [5.41, 5.74) is 2.67. The van der Waals surface area contributed by atoms with Gasteiger partial charge in [0.15, 0.2) is 0 Å². The summed E-state index contributed by atoms with van der Waals surface area (Å²) in [7, 11) is 0. The minimum absolute atomic E-state index is 1.05. The molecule has 0 aromatic carbocycles. The van der Waals surface area contributed by atoms with Crippen molar-refractivity contribution in [3.63, 3.8) is 0 Å². The second-order valence-corrected chi connectivity index (χ2v) is 2.71. The van der Waals surface area contributed by atoms with Crippen LogP contribution in [0.1, 0.15) is 31.5 Å². The Bertz CT molecular complexity index is 218. The van der Waals surface area contributed by atoms with Gasteiger partial charge in [-0.05, 0) is 24.5 Å². The molecule has 1 rings (SSSR count). The van der Waals surface area contributed by atoms with E-state index in [0.29, 0.717) is 0 Å². The van der Waals surface area contributed by atoms with Crippen molar-refractivity contribution in [2.24, 2.45) is 0 Å². The molecule has 60 valence electrons. The van der Waals surface area contributed by atoms with Gasteiger partial charge in [0.05, 0.1) is 0 Å². The van der Waals surface area contributed by atoms with Crippen LogP contribution in [0.25, 0.3) is 0 Å². The molecule has 1 aromatic heterocycles. The first-order valence-corrected chi connectivity index (χ1v) is 4.31. The molecule has 0 saturated heterocycles. The molecule has 0 aliphatic heterocycles. The highest BCUT2D eigenvalue weighted by molar-refractivity contribution is 5.19. The third kappa shape index (κ3) is 2.04. The zero-order chi connectivity index (χ0) is 8.10. The topological polar surface area (TPSA) is 12.9 Å². The van der Waals surface area contributed by atoms with Crippen molar-refractivity contribution in [2.75, 3.05) is 0 Å². The van der Waals surface area contributed by atoms with Gasteiger partial charge in [0.2, 0.25) is 0 Å². The summed E-state index contributed by atoms with van der Waals surface area (Å²) in [5, 5.41) is 0. The van der Waals surface area contributed by atoms with Crippen LogP contribution in [-0.4, -0.2) is 4.98 Å². The van der Waals surface area contributed by atoms with E-state index in [-0.39, 0.29) is 0 Å². The fourth-order valence-electron chi connectivity index (χ4n) is 1.29. The van der Waals surface area contributed by atoms with Gasteiger partial charge in [-0.1, -0.05) is 26.3 Å². The number of aromatic nitrogens is 1. The summed E-state index contributed by atoms with van der Waals surface area (Å²) in [4.78, 5) is 4.32. The number of rotatable bonds is 3. The van der Waals surface area contributed by atoms with Crippen LogP contribution in [0.5, 0.6) is 0 Å². The summed E-state index contributed by atoms with van der Waals surface area (Å²) in [5.74, 6) is 0. The van der Waals surface area contributed by atoms with Gasteiger partial charge in [-0.3, -0.25) is 4.98 Å². The zero-order valence-electron chi connectivity index (χ0n) is 7.30. The predicted octanol–water partition coefficient (Wildman–Crippen LogP) is 2.60. The molecule has 1 heterocycles. The third-order valence-electron chi connectivity index (χ3n) is 1.84. The number of nitrogens with zero attached hydrogens (tertiary/aromatic N) is 1. The average Bonchev–Trinajstić information content (AvgIpc) is 2.06. The van der Waals surface area contributed by atoms with Gasteiger partial charge in [-0.15, -0.1) is 0 Å². The van der Waals surface area contributed by atoms with Crippen LogP contribution < -0.4 is 0 Å². The molecule has 0 aliphatic carbocycles. The van der Waals surface area contributed by atoms with Gasteiger partial charge in [0.1, 0.15) is 0 Å². The maximum absolute atomic E-state index is 4.32. The molecule has 1 aromatic rings. The van der Waals surface area contributed by atoms with E-state index in [1.54, 1.807) is 0 Å². The molecular formula is C10H15N. The lowest BCUT2D eigenvalue weighted by atomic mass is 10.1. The van der Waals surface area contributed by atoms with Crippen LogP contribution >= 0.6 is 0 Å². The Morgan fingerprint density at radius 2 is 2.18 bits per heavy atom. The van der Waals surface area contributed by atoms with Crippen LogP contribution in [0.3, 0.4) is 0 Å². The SMILES string of the molecule is CCCc1cccnc1CC. The highest BCUT2D eigenvalue weighted by Gasteiger charge is 1.97. The van der Waals surface area contributed by atoms with E-state index < -0.39 is 0 Å². The number of pyridine rings is 1. The fraction of sp³-hybridized carbons (Fsp3) is 0.500. The van der Waals surface area contributed by atoms with E-state index in [9.17, 15) is 0 Å². The summed E-state index contributed by atoms with van der Waals surface area (Å²) < 4.78 is 0. The average molecular weight is 149 g/mol. The second kappa shape index (κ2) is 4.12. The highest BCUT2D eigenvalue weighted by atomic mass is 14.7. The van der Waals surface area contributed by atoms with Gasteiger partial charge >= 0.3 is 0 Å². The molecule has 0 fully saturated rings. The van der Waals surface area contributed by atoms with Gasteiger partial charge in [0.25, 0.3) is 0 Å². The van der Waals surface area contributed by atoms with Crippen LogP contribution in [0.2, 0.25) is 0 Å². The van der Waals surface area contributed by atoms with Crippen molar-refractivity contribution in [3.05, 3.63) is 29.6 Å². The van der Waals surface area contributed by atoms with Crippen molar-refractivity contribution in [2.45, 2.75) is 33.1 Å². The molecule has 0 atom stereocenters. The lowest BCUT2D eigenvalue weighted by molar-refractivity contribution is 0.876. The van der Waals surface area contributed by atoms with E-state index in [4.69, 9.17) is 0 Å². The number of aryl methyl sites for hydroxylation is 2. The number of hydrogen-bond donors (Lipinski definition) is 0. The van der Waals surface area contributed by atoms with Gasteiger partial charge < -0.3 is 0 Å². The molecular weight excluding hydrogens is 134 g/mol. The predicted molar refractivity (Wildman–Crippen MR) is 47.6 cm³/mol. The van der Waals surface area contributed by atoms with Crippen molar-refractivity contribution in [1.82, 2.24) is 4.98 Å². The first-order valence-electron chi connectivity index (χ1n) is 4.31. The number of hydrogen-bond acceptors (Lipinski definition) is 1. The smallest absolute Gasteiger partial charge is 0.0432 e. The lowest BCUT2D eigenvalue weighted by Gasteiger charge is -2.03. The standard InChI is InChI=1S/C10H15N/c1-3-6-9-7-5-8-11-10(9)4-2/h5,7-8H,3-4,6H2,1-2H3. The first-order chi connectivity index (χ1) is 5.38. The minimum Gasteiger partial charge on any atom is -0.261 e. The monoisotopic (exact) mass is 149 g/mol. The zero-order valence-corrected chi connectivity index (χ0v) is 7.30. The maximum Gasteiger partial charge on any atom is 0.0432 e. The highest BCUT2D eigenvalue weighted by Crippen LogP contribution is 2.07. The van der Waals surface area contributed by atoms with Crippen molar-refractivity contribution in [1.29, 1.82) is 0 Å². The largest absolute Gasteiger partial charge is 0.261 e. The van der Waals surface area contributed by atoms with E-state index in [1.807, 2.05) is 12.3 Å². The minimum atomic E-state index is 1.05. The molecule has 11 heavy (non-hydrogen) atoms. The van der Waals surface area contributed by atoms with Crippen molar-refractivity contribution in [3.8, 4) is 0 Å². The van der Waals surface area contributed by atoms with Crippen molar-refractivity contribution < 1.29 is 0 Å². The Labute approximate surface area is 68.5 Å². The maximum atomic E-state index is 4.32. The molecule has 1 heteroatoms. The first kappa shape index (κ1) is 8.25. The molecule has 0 amide bonds. The van der Waals surface area contributed by atoms with E-state index in [0.717, 1.165) is 12.8 Å². The van der Waals surface area contributed by atoms with Crippen LogP contribution in [0.15, 0.2) is 18.3 Å². The Morgan fingerprint density at radius 1 is 1.36 bits per heavy atom. The molecule has 0 aliphatic rings. The van der Waals surface area contributed by atoms with Crippen LogP contribution in [-0.2, 0) is 12.8 Å². The molecule has 0 spiro atoms. The summed E-state index contributed by atoms with van der Waals surface area (Å²) in [6.07, 6.45) is 5.30. The van der Waals surface area contributed by atoms with Gasteiger partial charge in [0, 0.05) is 11.9 Å². The normalized spacial score (nSPS) is 10.0. The second-order valence-electron chi connectivity index (χ2n) is 2.71. The summed E-state index contributed by atoms with van der Waals surface area (Å²) in [6.45, 7) is 4.36. The lowest BCUT2D eigenvalue weighted by Crippen LogP contribution is -1.94. The van der Waals surface area contributed by atoms with Gasteiger partial charge in [-0.2, -0.15) is 0 Å². The quantitative estimate of drug-likeness (QED) is 0.643. The third-order valence-corrected chi connectivity index (χ3v) is 1.84. The molecule has 0 unspecified atom stereocenters. The Balaban J connectivity index is 2.83. The van der Waals surface area contributed by atoms with E-state index in [2.05, 4.69) is 24.9 Å². The van der Waals surface area contributed by atoms with E-state index in [1.165, 1.54) is 17.7 Å². The van der Waals surface area contributed by atoms with Gasteiger partial charge in [-0.25, -0.2) is 0 Å². The molecule has 0 radical (unpaired) electrons. The molecule has 0 bridgehead atoms.